The average molecular weight is 338 g/mol. The van der Waals surface area contributed by atoms with E-state index in [0.717, 1.165) is 47.6 Å². The van der Waals surface area contributed by atoms with Crippen LogP contribution in [0.15, 0.2) is 24.3 Å². The third-order valence-corrected chi connectivity index (χ3v) is 5.15. The zero-order chi connectivity index (χ0) is 17.6. The quantitative estimate of drug-likeness (QED) is 0.933. The van der Waals surface area contributed by atoms with Gasteiger partial charge in [-0.3, -0.25) is 14.3 Å². The number of rotatable bonds is 3. The maximum Gasteiger partial charge on any atom is 0.230 e. The molecule has 0 bridgehead atoms. The molecule has 1 aromatic carbocycles. The van der Waals surface area contributed by atoms with Gasteiger partial charge in [0.25, 0.3) is 0 Å². The van der Waals surface area contributed by atoms with E-state index in [1.54, 1.807) is 9.58 Å². The SMILES string of the molecule is Cc1ccc(N2CC(C(=O)Nc3c4c(nn3C)CCC4)CC2=O)cc1. The fourth-order valence-electron chi connectivity index (χ4n) is 3.75. The van der Waals surface area contributed by atoms with E-state index in [2.05, 4.69) is 10.4 Å². The topological polar surface area (TPSA) is 67.2 Å². The van der Waals surface area contributed by atoms with Crippen molar-refractivity contribution in [2.75, 3.05) is 16.8 Å². The second kappa shape index (κ2) is 6.02. The minimum Gasteiger partial charge on any atom is -0.312 e. The van der Waals surface area contributed by atoms with Crippen LogP contribution in [-0.2, 0) is 29.5 Å². The normalized spacial score (nSPS) is 19.4. The van der Waals surface area contributed by atoms with E-state index in [0.29, 0.717) is 6.54 Å². The van der Waals surface area contributed by atoms with Crippen LogP contribution in [-0.4, -0.2) is 28.1 Å². The molecule has 25 heavy (non-hydrogen) atoms. The molecule has 1 atom stereocenters. The van der Waals surface area contributed by atoms with Gasteiger partial charge < -0.3 is 10.2 Å². The molecule has 0 spiro atoms. The van der Waals surface area contributed by atoms with Crippen LogP contribution in [0.2, 0.25) is 0 Å². The van der Waals surface area contributed by atoms with Crippen LogP contribution < -0.4 is 10.2 Å². The van der Waals surface area contributed by atoms with Crippen molar-refractivity contribution in [3.8, 4) is 0 Å². The van der Waals surface area contributed by atoms with Crippen LogP contribution in [0.5, 0.6) is 0 Å². The van der Waals surface area contributed by atoms with E-state index in [1.807, 2.05) is 38.2 Å². The summed E-state index contributed by atoms with van der Waals surface area (Å²) in [5.74, 6) is 0.361. The van der Waals surface area contributed by atoms with E-state index >= 15 is 0 Å². The van der Waals surface area contributed by atoms with E-state index < -0.39 is 0 Å². The summed E-state index contributed by atoms with van der Waals surface area (Å²) in [6.07, 6.45) is 3.27. The third kappa shape index (κ3) is 2.81. The molecular weight excluding hydrogens is 316 g/mol. The lowest BCUT2D eigenvalue weighted by atomic mass is 10.1. The fraction of sp³-hybridized carbons (Fsp3) is 0.421. The lowest BCUT2D eigenvalue weighted by Crippen LogP contribution is -2.28. The molecule has 1 N–H and O–H groups in total. The number of aryl methyl sites for hydroxylation is 3. The summed E-state index contributed by atoms with van der Waals surface area (Å²) in [5, 5.41) is 7.50. The van der Waals surface area contributed by atoms with Gasteiger partial charge in [0.05, 0.1) is 11.6 Å². The zero-order valence-electron chi connectivity index (χ0n) is 14.6. The highest BCUT2D eigenvalue weighted by Crippen LogP contribution is 2.30. The first-order valence-electron chi connectivity index (χ1n) is 8.75. The molecule has 2 heterocycles. The van der Waals surface area contributed by atoms with Gasteiger partial charge in [0.1, 0.15) is 5.82 Å². The molecule has 4 rings (SSSR count). The molecule has 1 aliphatic carbocycles. The Morgan fingerprint density at radius 3 is 2.76 bits per heavy atom. The second-order valence-electron chi connectivity index (χ2n) is 6.98. The predicted octanol–water partition coefficient (Wildman–Crippen LogP) is 2.21. The highest BCUT2D eigenvalue weighted by molar-refractivity contribution is 6.03. The van der Waals surface area contributed by atoms with Crippen molar-refractivity contribution in [1.29, 1.82) is 0 Å². The molecule has 1 fully saturated rings. The van der Waals surface area contributed by atoms with Crippen molar-refractivity contribution in [3.63, 3.8) is 0 Å². The molecule has 1 aromatic heterocycles. The van der Waals surface area contributed by atoms with Gasteiger partial charge in [-0.05, 0) is 38.3 Å². The largest absolute Gasteiger partial charge is 0.312 e. The van der Waals surface area contributed by atoms with Gasteiger partial charge in [-0.25, -0.2) is 0 Å². The molecular formula is C19H22N4O2. The van der Waals surface area contributed by atoms with Crippen molar-refractivity contribution in [1.82, 2.24) is 9.78 Å². The number of nitrogens with zero attached hydrogens (tertiary/aromatic N) is 3. The van der Waals surface area contributed by atoms with Crippen molar-refractivity contribution in [2.45, 2.75) is 32.6 Å². The molecule has 6 nitrogen and oxygen atoms in total. The van der Waals surface area contributed by atoms with Crippen molar-refractivity contribution < 1.29 is 9.59 Å². The Morgan fingerprint density at radius 2 is 2.00 bits per heavy atom. The molecule has 2 aromatic rings. The average Bonchev–Trinajstić information content (AvgIpc) is 3.26. The number of nitrogens with one attached hydrogen (secondary N) is 1. The monoisotopic (exact) mass is 338 g/mol. The molecule has 6 heteroatoms. The van der Waals surface area contributed by atoms with Crippen LogP contribution in [0.3, 0.4) is 0 Å². The zero-order valence-corrected chi connectivity index (χ0v) is 14.6. The van der Waals surface area contributed by atoms with Gasteiger partial charge in [-0.1, -0.05) is 17.7 Å². The minimum absolute atomic E-state index is 0.000705. The summed E-state index contributed by atoms with van der Waals surface area (Å²) in [7, 11) is 1.85. The second-order valence-corrected chi connectivity index (χ2v) is 6.98. The first kappa shape index (κ1) is 15.9. The molecule has 0 saturated carbocycles. The van der Waals surface area contributed by atoms with Gasteiger partial charge in [0, 0.05) is 31.3 Å². The standard InChI is InChI=1S/C19H22N4O2/c1-12-6-8-14(9-7-12)23-11-13(10-17(23)24)19(25)20-18-15-4-3-5-16(15)21-22(18)2/h6-9,13H,3-5,10-11H2,1-2H3,(H,20,25). The van der Waals surface area contributed by atoms with Crippen molar-refractivity contribution in [2.24, 2.45) is 13.0 Å². The number of hydrogen-bond acceptors (Lipinski definition) is 3. The Bertz CT molecular complexity index is 838. The molecule has 1 aliphatic heterocycles. The summed E-state index contributed by atoms with van der Waals surface area (Å²) in [6, 6.07) is 7.83. The number of carbonyl (C=O) groups excluding carboxylic acids is 2. The first-order chi connectivity index (χ1) is 12.0. The van der Waals surface area contributed by atoms with Crippen LogP contribution in [0.1, 0.15) is 29.7 Å². The first-order valence-corrected chi connectivity index (χ1v) is 8.75. The molecule has 1 saturated heterocycles. The number of amides is 2. The smallest absolute Gasteiger partial charge is 0.230 e. The number of aromatic nitrogens is 2. The number of benzene rings is 1. The summed E-state index contributed by atoms with van der Waals surface area (Å²) >= 11 is 0. The van der Waals surface area contributed by atoms with E-state index in [4.69, 9.17) is 0 Å². The Kier molecular flexibility index (Phi) is 3.82. The van der Waals surface area contributed by atoms with Gasteiger partial charge in [-0.2, -0.15) is 5.10 Å². The summed E-state index contributed by atoms with van der Waals surface area (Å²) in [4.78, 5) is 26.8. The van der Waals surface area contributed by atoms with Gasteiger partial charge in [0.2, 0.25) is 11.8 Å². The summed E-state index contributed by atoms with van der Waals surface area (Å²) < 4.78 is 1.75. The molecule has 0 radical (unpaired) electrons. The maximum atomic E-state index is 12.7. The van der Waals surface area contributed by atoms with E-state index in [9.17, 15) is 9.59 Å². The maximum absolute atomic E-state index is 12.7. The predicted molar refractivity (Wildman–Crippen MR) is 95.5 cm³/mol. The van der Waals surface area contributed by atoms with Gasteiger partial charge >= 0.3 is 0 Å². The van der Waals surface area contributed by atoms with Gasteiger partial charge in [0.15, 0.2) is 0 Å². The fourth-order valence-corrected chi connectivity index (χ4v) is 3.75. The van der Waals surface area contributed by atoms with Crippen molar-refractivity contribution in [3.05, 3.63) is 41.1 Å². The molecule has 2 aliphatic rings. The lowest BCUT2D eigenvalue weighted by molar-refractivity contribution is -0.122. The van der Waals surface area contributed by atoms with Gasteiger partial charge in [-0.15, -0.1) is 0 Å². The number of hydrogen-bond donors (Lipinski definition) is 1. The lowest BCUT2D eigenvalue weighted by Gasteiger charge is -2.17. The van der Waals surface area contributed by atoms with Crippen LogP contribution in [0.4, 0.5) is 11.5 Å². The Hall–Kier alpha value is -2.63. The van der Waals surface area contributed by atoms with Crippen LogP contribution in [0, 0.1) is 12.8 Å². The number of fused-ring (bicyclic) bond motifs is 1. The molecule has 1 unspecified atom stereocenters. The highest BCUT2D eigenvalue weighted by atomic mass is 16.2. The molecule has 2 amide bonds. The minimum atomic E-state index is -0.333. The molecule has 130 valence electrons. The highest BCUT2D eigenvalue weighted by Gasteiger charge is 2.36. The Morgan fingerprint density at radius 1 is 1.24 bits per heavy atom. The van der Waals surface area contributed by atoms with E-state index in [1.165, 1.54) is 0 Å². The third-order valence-electron chi connectivity index (χ3n) is 5.15. The van der Waals surface area contributed by atoms with E-state index in [-0.39, 0.29) is 24.2 Å². The van der Waals surface area contributed by atoms with Crippen LogP contribution >= 0.6 is 0 Å². The summed E-state index contributed by atoms with van der Waals surface area (Å²) in [6.45, 7) is 2.44. The summed E-state index contributed by atoms with van der Waals surface area (Å²) in [5.41, 5.74) is 4.24. The van der Waals surface area contributed by atoms with Crippen LogP contribution in [0.25, 0.3) is 0 Å². The number of anilines is 2. The Labute approximate surface area is 146 Å². The number of carbonyl (C=O) groups is 2. The van der Waals surface area contributed by atoms with Crippen molar-refractivity contribution >= 4 is 23.3 Å². The Balaban J connectivity index is 1.49.